The van der Waals surface area contributed by atoms with Crippen molar-refractivity contribution < 1.29 is 9.90 Å². The molecule has 0 radical (unpaired) electrons. The topological polar surface area (TPSA) is 87.1 Å². The smallest absolute Gasteiger partial charge is 0.321 e. The molecule has 0 fully saturated rings. The molecule has 0 bridgehead atoms. The maximum absolute atomic E-state index is 11.7. The number of nitrogens with zero attached hydrogens (tertiary/aromatic N) is 2. The maximum atomic E-state index is 11.7. The Bertz CT molecular complexity index is 615. The molecule has 0 aliphatic heterocycles. The zero-order valence-corrected chi connectivity index (χ0v) is 12.8. The Morgan fingerprint density at radius 1 is 1.38 bits per heavy atom. The first-order valence-electron chi connectivity index (χ1n) is 6.71. The van der Waals surface area contributed by atoms with E-state index in [9.17, 15) is 9.90 Å². The summed E-state index contributed by atoms with van der Waals surface area (Å²) in [6.45, 7) is 4.03. The van der Waals surface area contributed by atoms with Crippen molar-refractivity contribution >= 4 is 22.5 Å². The zero-order chi connectivity index (χ0) is 15.2. The van der Waals surface area contributed by atoms with Crippen LogP contribution in [-0.4, -0.2) is 27.9 Å². The number of hydrogen-bond donors (Lipinski definition) is 3. The normalized spacial score (nSPS) is 12.0. The van der Waals surface area contributed by atoms with Gasteiger partial charge in [0.25, 0.3) is 0 Å². The second-order valence-corrected chi connectivity index (χ2v) is 5.62. The molecule has 0 aliphatic rings. The van der Waals surface area contributed by atoms with Gasteiger partial charge in [0.2, 0.25) is 5.13 Å². The van der Waals surface area contributed by atoms with Crippen LogP contribution in [0.15, 0.2) is 24.3 Å². The molecule has 2 rings (SSSR count). The maximum Gasteiger partial charge on any atom is 0.321 e. The van der Waals surface area contributed by atoms with Gasteiger partial charge in [-0.2, -0.15) is 0 Å². The van der Waals surface area contributed by atoms with Gasteiger partial charge in [0.15, 0.2) is 0 Å². The molecule has 112 valence electrons. The number of aliphatic hydroxyl groups is 1. The molecule has 0 spiro atoms. The summed E-state index contributed by atoms with van der Waals surface area (Å²) in [6, 6.07) is 7.14. The van der Waals surface area contributed by atoms with E-state index >= 15 is 0 Å². The fourth-order valence-electron chi connectivity index (χ4n) is 1.85. The van der Waals surface area contributed by atoms with Crippen molar-refractivity contribution in [2.45, 2.75) is 26.4 Å². The Hall–Kier alpha value is -1.99. The van der Waals surface area contributed by atoms with Crippen LogP contribution < -0.4 is 10.6 Å². The predicted molar refractivity (Wildman–Crippen MR) is 82.4 cm³/mol. The van der Waals surface area contributed by atoms with Crippen LogP contribution in [0.3, 0.4) is 0 Å². The Morgan fingerprint density at radius 2 is 2.14 bits per heavy atom. The van der Waals surface area contributed by atoms with Gasteiger partial charge in [-0.1, -0.05) is 42.5 Å². The largest absolute Gasteiger partial charge is 0.387 e. The van der Waals surface area contributed by atoms with Crippen molar-refractivity contribution in [3.8, 4) is 0 Å². The summed E-state index contributed by atoms with van der Waals surface area (Å²) in [5, 5.41) is 24.4. The lowest BCUT2D eigenvalue weighted by Crippen LogP contribution is -2.32. The van der Waals surface area contributed by atoms with Crippen LogP contribution in [0.25, 0.3) is 0 Å². The van der Waals surface area contributed by atoms with Gasteiger partial charge in [0.05, 0.1) is 6.10 Å². The number of benzene rings is 1. The van der Waals surface area contributed by atoms with Crippen LogP contribution in [-0.2, 0) is 6.42 Å². The zero-order valence-electron chi connectivity index (χ0n) is 12.0. The summed E-state index contributed by atoms with van der Waals surface area (Å²) in [5.74, 6) is 0. The lowest BCUT2D eigenvalue weighted by Gasteiger charge is -2.14. The minimum atomic E-state index is -0.738. The third kappa shape index (κ3) is 4.24. The van der Waals surface area contributed by atoms with E-state index in [1.165, 1.54) is 11.3 Å². The van der Waals surface area contributed by atoms with Crippen LogP contribution in [0, 0.1) is 6.92 Å². The summed E-state index contributed by atoms with van der Waals surface area (Å²) >= 11 is 1.34. The molecule has 7 heteroatoms. The standard InChI is InChI=1S/C14H18N4O2S/c1-3-12-17-18-14(21-12)16-13(20)15-8-11(19)10-7-5-4-6-9(10)2/h4-7,11,19H,3,8H2,1-2H3,(H2,15,16,18,20). The summed E-state index contributed by atoms with van der Waals surface area (Å²) in [5.41, 5.74) is 1.80. The number of carbonyl (C=O) groups is 1. The van der Waals surface area contributed by atoms with Gasteiger partial charge < -0.3 is 10.4 Å². The highest BCUT2D eigenvalue weighted by Gasteiger charge is 2.12. The van der Waals surface area contributed by atoms with Crippen LogP contribution >= 0.6 is 11.3 Å². The molecule has 2 amide bonds. The lowest BCUT2D eigenvalue weighted by atomic mass is 10.0. The van der Waals surface area contributed by atoms with E-state index in [0.717, 1.165) is 22.6 Å². The number of rotatable bonds is 5. The van der Waals surface area contributed by atoms with Crippen LogP contribution in [0.1, 0.15) is 29.2 Å². The van der Waals surface area contributed by atoms with Gasteiger partial charge in [0.1, 0.15) is 5.01 Å². The number of nitrogens with one attached hydrogen (secondary N) is 2. The highest BCUT2D eigenvalue weighted by atomic mass is 32.1. The fourth-order valence-corrected chi connectivity index (χ4v) is 2.52. The van der Waals surface area contributed by atoms with Crippen LogP contribution in [0.4, 0.5) is 9.93 Å². The summed E-state index contributed by atoms with van der Waals surface area (Å²) in [7, 11) is 0. The lowest BCUT2D eigenvalue weighted by molar-refractivity contribution is 0.174. The van der Waals surface area contributed by atoms with E-state index in [2.05, 4.69) is 20.8 Å². The Balaban J connectivity index is 1.85. The SMILES string of the molecule is CCc1nnc(NC(=O)NCC(O)c2ccccc2C)s1. The van der Waals surface area contributed by atoms with Crippen LogP contribution in [0.2, 0.25) is 0 Å². The number of anilines is 1. The molecule has 1 aromatic carbocycles. The highest BCUT2D eigenvalue weighted by molar-refractivity contribution is 7.15. The Labute approximate surface area is 127 Å². The minimum absolute atomic E-state index is 0.135. The number of aliphatic hydroxyl groups excluding tert-OH is 1. The molecule has 3 N–H and O–H groups in total. The van der Waals surface area contributed by atoms with Crippen molar-refractivity contribution in [2.24, 2.45) is 0 Å². The van der Waals surface area contributed by atoms with Gasteiger partial charge in [0, 0.05) is 6.54 Å². The average molecular weight is 306 g/mol. The van der Waals surface area contributed by atoms with E-state index in [4.69, 9.17) is 0 Å². The summed E-state index contributed by atoms with van der Waals surface area (Å²) < 4.78 is 0. The molecule has 1 atom stereocenters. The number of urea groups is 1. The first-order valence-corrected chi connectivity index (χ1v) is 7.52. The molecule has 0 saturated heterocycles. The average Bonchev–Trinajstić information content (AvgIpc) is 2.93. The van der Waals surface area contributed by atoms with E-state index in [0.29, 0.717) is 5.13 Å². The van der Waals surface area contributed by atoms with Crippen molar-refractivity contribution in [1.29, 1.82) is 0 Å². The van der Waals surface area contributed by atoms with Crippen LogP contribution in [0.5, 0.6) is 0 Å². The fraction of sp³-hybridized carbons (Fsp3) is 0.357. The predicted octanol–water partition coefficient (Wildman–Crippen LogP) is 2.26. The number of carbonyl (C=O) groups excluding carboxylic acids is 1. The quantitative estimate of drug-likeness (QED) is 0.791. The van der Waals surface area contributed by atoms with Gasteiger partial charge >= 0.3 is 6.03 Å². The monoisotopic (exact) mass is 306 g/mol. The van der Waals surface area contributed by atoms with E-state index in [-0.39, 0.29) is 6.54 Å². The summed E-state index contributed by atoms with van der Waals surface area (Å²) in [6.07, 6.45) is 0.0463. The van der Waals surface area contributed by atoms with Gasteiger partial charge in [-0.05, 0) is 24.5 Å². The Kier molecular flexibility index (Phi) is 5.24. The van der Waals surface area contributed by atoms with E-state index in [1.807, 2.05) is 38.1 Å². The molecule has 21 heavy (non-hydrogen) atoms. The van der Waals surface area contributed by atoms with Crippen molar-refractivity contribution in [2.75, 3.05) is 11.9 Å². The van der Waals surface area contributed by atoms with Crippen molar-refractivity contribution in [3.63, 3.8) is 0 Å². The van der Waals surface area contributed by atoms with Crippen molar-refractivity contribution in [3.05, 3.63) is 40.4 Å². The van der Waals surface area contributed by atoms with Gasteiger partial charge in [-0.3, -0.25) is 5.32 Å². The summed E-state index contributed by atoms with van der Waals surface area (Å²) in [4.78, 5) is 11.7. The minimum Gasteiger partial charge on any atom is -0.387 e. The molecule has 1 heterocycles. The number of aromatic nitrogens is 2. The third-order valence-corrected chi connectivity index (χ3v) is 3.98. The molecular weight excluding hydrogens is 288 g/mol. The molecule has 2 aromatic rings. The van der Waals surface area contributed by atoms with E-state index in [1.54, 1.807) is 0 Å². The molecule has 0 aliphatic carbocycles. The molecule has 1 unspecified atom stereocenters. The first-order chi connectivity index (χ1) is 10.1. The highest BCUT2D eigenvalue weighted by Crippen LogP contribution is 2.17. The first kappa shape index (κ1) is 15.4. The van der Waals surface area contributed by atoms with E-state index < -0.39 is 12.1 Å². The Morgan fingerprint density at radius 3 is 2.81 bits per heavy atom. The number of aryl methyl sites for hydroxylation is 2. The molecular formula is C14H18N4O2S. The number of amides is 2. The molecule has 1 aromatic heterocycles. The second-order valence-electron chi connectivity index (χ2n) is 4.56. The second kappa shape index (κ2) is 7.14. The third-order valence-electron chi connectivity index (χ3n) is 2.99. The molecule has 6 nitrogen and oxygen atoms in total. The van der Waals surface area contributed by atoms with Gasteiger partial charge in [-0.25, -0.2) is 4.79 Å². The molecule has 0 saturated carbocycles. The van der Waals surface area contributed by atoms with Crippen molar-refractivity contribution in [1.82, 2.24) is 15.5 Å². The van der Waals surface area contributed by atoms with Gasteiger partial charge in [-0.15, -0.1) is 10.2 Å². The number of hydrogen-bond acceptors (Lipinski definition) is 5.